The first-order valence-electron chi connectivity index (χ1n) is 7.21. The molecule has 0 radical (unpaired) electrons. The number of rotatable bonds is 2. The molecule has 2 amide bonds. The third-order valence-corrected chi connectivity index (χ3v) is 3.71. The molecule has 1 atom stereocenters. The van der Waals surface area contributed by atoms with Crippen molar-refractivity contribution in [3.63, 3.8) is 0 Å². The minimum absolute atomic E-state index is 0.0867. The molecule has 1 saturated heterocycles. The number of hydrogen-bond donors (Lipinski definition) is 2. The molecule has 0 aliphatic carbocycles. The molecular formula is C14H20N6O. The van der Waals surface area contributed by atoms with Crippen LogP contribution in [0.15, 0.2) is 18.3 Å². The Hall–Kier alpha value is -2.15. The van der Waals surface area contributed by atoms with E-state index in [1.165, 1.54) is 0 Å². The van der Waals surface area contributed by atoms with Gasteiger partial charge in [-0.15, -0.1) is 10.2 Å². The number of likely N-dealkylation sites (tertiary alicyclic amines) is 1. The lowest BCUT2D eigenvalue weighted by Crippen LogP contribution is -2.35. The van der Waals surface area contributed by atoms with Crippen molar-refractivity contribution >= 4 is 17.4 Å². The number of nitrogens with two attached hydrogens (primary N) is 1. The summed E-state index contributed by atoms with van der Waals surface area (Å²) in [5.41, 5.74) is 7.34. The van der Waals surface area contributed by atoms with E-state index in [2.05, 4.69) is 29.4 Å². The highest BCUT2D eigenvalue weighted by molar-refractivity contribution is 5.89. The Morgan fingerprint density at radius 2 is 2.24 bits per heavy atom. The van der Waals surface area contributed by atoms with Gasteiger partial charge in [0.2, 0.25) is 0 Å². The number of nitrogens with zero attached hydrogens (tertiary/aromatic N) is 4. The molecule has 0 aromatic carbocycles. The van der Waals surface area contributed by atoms with E-state index in [-0.39, 0.29) is 18.0 Å². The van der Waals surface area contributed by atoms with Crippen LogP contribution < -0.4 is 11.1 Å². The van der Waals surface area contributed by atoms with Crippen molar-refractivity contribution in [3.8, 4) is 0 Å². The van der Waals surface area contributed by atoms with Gasteiger partial charge in [-0.3, -0.25) is 4.40 Å². The van der Waals surface area contributed by atoms with Gasteiger partial charge in [0.25, 0.3) is 0 Å². The molecule has 2 aromatic heterocycles. The smallest absolute Gasteiger partial charge is 0.321 e. The number of pyridine rings is 1. The number of urea groups is 1. The second-order valence-electron chi connectivity index (χ2n) is 5.78. The Bertz CT molecular complexity index is 665. The molecule has 112 valence electrons. The fraction of sp³-hybridized carbons (Fsp3) is 0.500. The fourth-order valence-electron chi connectivity index (χ4n) is 2.55. The fourth-order valence-corrected chi connectivity index (χ4v) is 2.55. The van der Waals surface area contributed by atoms with Crippen molar-refractivity contribution in [2.75, 3.05) is 18.4 Å². The zero-order chi connectivity index (χ0) is 15.0. The van der Waals surface area contributed by atoms with Crippen LogP contribution in [0.4, 0.5) is 10.5 Å². The van der Waals surface area contributed by atoms with Crippen LogP contribution in [-0.2, 0) is 0 Å². The van der Waals surface area contributed by atoms with E-state index in [1.54, 1.807) is 4.90 Å². The van der Waals surface area contributed by atoms with Crippen molar-refractivity contribution in [2.45, 2.75) is 32.2 Å². The summed E-state index contributed by atoms with van der Waals surface area (Å²) >= 11 is 0. The van der Waals surface area contributed by atoms with Crippen LogP contribution in [0.25, 0.3) is 5.65 Å². The van der Waals surface area contributed by atoms with Crippen LogP contribution >= 0.6 is 0 Å². The number of fused-ring (bicyclic) bond motifs is 1. The van der Waals surface area contributed by atoms with Gasteiger partial charge >= 0.3 is 6.03 Å². The van der Waals surface area contributed by atoms with Gasteiger partial charge in [0.15, 0.2) is 5.65 Å². The number of nitrogens with one attached hydrogen (secondary N) is 1. The van der Waals surface area contributed by atoms with Crippen molar-refractivity contribution in [1.82, 2.24) is 19.5 Å². The van der Waals surface area contributed by atoms with Crippen molar-refractivity contribution in [2.24, 2.45) is 5.73 Å². The molecule has 3 heterocycles. The minimum atomic E-state index is -0.110. The SMILES string of the molecule is CC(C)c1nnc2ccc(NC(=O)N3CCC(N)C3)cn12. The molecule has 3 rings (SSSR count). The largest absolute Gasteiger partial charge is 0.326 e. The summed E-state index contributed by atoms with van der Waals surface area (Å²) in [6, 6.07) is 3.66. The van der Waals surface area contributed by atoms with Gasteiger partial charge in [0.05, 0.1) is 5.69 Å². The Balaban J connectivity index is 1.81. The van der Waals surface area contributed by atoms with Crippen molar-refractivity contribution in [3.05, 3.63) is 24.2 Å². The molecule has 0 spiro atoms. The average Bonchev–Trinajstić information content (AvgIpc) is 3.04. The molecule has 1 unspecified atom stereocenters. The second kappa shape index (κ2) is 5.33. The quantitative estimate of drug-likeness (QED) is 0.874. The van der Waals surface area contributed by atoms with E-state index in [9.17, 15) is 4.79 Å². The zero-order valence-electron chi connectivity index (χ0n) is 12.3. The van der Waals surface area contributed by atoms with Gasteiger partial charge in [-0.2, -0.15) is 0 Å². The van der Waals surface area contributed by atoms with E-state index in [4.69, 9.17) is 5.73 Å². The van der Waals surface area contributed by atoms with Gasteiger partial charge in [-0.25, -0.2) is 4.79 Å². The first kappa shape index (κ1) is 13.8. The van der Waals surface area contributed by atoms with Crippen molar-refractivity contribution in [1.29, 1.82) is 0 Å². The molecule has 7 nitrogen and oxygen atoms in total. The topological polar surface area (TPSA) is 88.5 Å². The monoisotopic (exact) mass is 288 g/mol. The molecule has 3 N–H and O–H groups in total. The van der Waals surface area contributed by atoms with Crippen molar-refractivity contribution < 1.29 is 4.79 Å². The summed E-state index contributed by atoms with van der Waals surface area (Å²) < 4.78 is 1.91. The molecule has 0 bridgehead atoms. The highest BCUT2D eigenvalue weighted by Gasteiger charge is 2.23. The van der Waals surface area contributed by atoms with Crippen LogP contribution in [0.5, 0.6) is 0 Å². The molecule has 21 heavy (non-hydrogen) atoms. The number of carbonyl (C=O) groups excluding carboxylic acids is 1. The first-order chi connectivity index (χ1) is 10.0. The van der Waals surface area contributed by atoms with Gasteiger partial charge in [-0.05, 0) is 18.6 Å². The summed E-state index contributed by atoms with van der Waals surface area (Å²) in [5.74, 6) is 1.15. The van der Waals surface area contributed by atoms with Gasteiger partial charge < -0.3 is 16.0 Å². The van der Waals surface area contributed by atoms with Crippen LogP contribution in [0.1, 0.15) is 32.0 Å². The highest BCUT2D eigenvalue weighted by Crippen LogP contribution is 2.17. The van der Waals surface area contributed by atoms with Gasteiger partial charge in [-0.1, -0.05) is 13.8 Å². The van der Waals surface area contributed by atoms with Crippen LogP contribution in [0, 0.1) is 0 Å². The van der Waals surface area contributed by atoms with E-state index in [0.717, 1.165) is 23.6 Å². The number of amides is 2. The molecule has 7 heteroatoms. The van der Waals surface area contributed by atoms with Gasteiger partial charge in [0, 0.05) is 31.2 Å². The molecule has 2 aromatic rings. The minimum Gasteiger partial charge on any atom is -0.326 e. The lowest BCUT2D eigenvalue weighted by Gasteiger charge is -2.16. The lowest BCUT2D eigenvalue weighted by atomic mass is 10.2. The average molecular weight is 288 g/mol. The van der Waals surface area contributed by atoms with E-state index in [1.807, 2.05) is 22.7 Å². The van der Waals surface area contributed by atoms with Crippen LogP contribution in [0.3, 0.4) is 0 Å². The van der Waals surface area contributed by atoms with Gasteiger partial charge in [0.1, 0.15) is 5.82 Å². The molecule has 1 aliphatic heterocycles. The molecule has 1 fully saturated rings. The Labute approximate surface area is 123 Å². The summed E-state index contributed by atoms with van der Waals surface area (Å²) in [5, 5.41) is 11.2. The summed E-state index contributed by atoms with van der Waals surface area (Å²) in [7, 11) is 0. The Kier molecular flexibility index (Phi) is 3.50. The molecular weight excluding hydrogens is 268 g/mol. The molecule has 1 aliphatic rings. The summed E-state index contributed by atoms with van der Waals surface area (Å²) in [4.78, 5) is 13.9. The van der Waals surface area contributed by atoms with E-state index >= 15 is 0 Å². The van der Waals surface area contributed by atoms with Crippen LogP contribution in [0.2, 0.25) is 0 Å². The first-order valence-corrected chi connectivity index (χ1v) is 7.21. The third kappa shape index (κ3) is 2.69. The van der Waals surface area contributed by atoms with E-state index in [0.29, 0.717) is 13.1 Å². The Morgan fingerprint density at radius 3 is 2.90 bits per heavy atom. The Morgan fingerprint density at radius 1 is 1.43 bits per heavy atom. The standard InChI is InChI=1S/C14H20N6O/c1-9(2)13-18-17-12-4-3-11(8-20(12)13)16-14(21)19-6-5-10(15)7-19/h3-4,8-10H,5-7,15H2,1-2H3,(H,16,21). The maximum absolute atomic E-state index is 12.2. The summed E-state index contributed by atoms with van der Waals surface area (Å²) in [6.07, 6.45) is 2.72. The van der Waals surface area contributed by atoms with Crippen LogP contribution in [-0.4, -0.2) is 44.7 Å². The third-order valence-electron chi connectivity index (χ3n) is 3.71. The predicted octanol–water partition coefficient (Wildman–Crippen LogP) is 1.42. The second-order valence-corrected chi connectivity index (χ2v) is 5.78. The summed E-state index contributed by atoms with van der Waals surface area (Å²) in [6.45, 7) is 5.44. The maximum atomic E-state index is 12.2. The van der Waals surface area contributed by atoms with E-state index < -0.39 is 0 Å². The zero-order valence-corrected chi connectivity index (χ0v) is 12.3. The normalized spacial score (nSPS) is 18.7. The predicted molar refractivity (Wildman–Crippen MR) is 80.3 cm³/mol. The highest BCUT2D eigenvalue weighted by atomic mass is 16.2. The number of anilines is 1. The molecule has 0 saturated carbocycles. The number of aromatic nitrogens is 3. The number of carbonyl (C=O) groups is 1. The number of hydrogen-bond acceptors (Lipinski definition) is 4. The lowest BCUT2D eigenvalue weighted by molar-refractivity contribution is 0.222. The maximum Gasteiger partial charge on any atom is 0.321 e.